The third kappa shape index (κ3) is 38.6. The van der Waals surface area contributed by atoms with Crippen molar-refractivity contribution in [2.24, 2.45) is 5.92 Å². The Hall–Kier alpha value is -2.25. The molecule has 0 fully saturated rings. The molecule has 0 radical (unpaired) electrons. The molecule has 56 heavy (non-hydrogen) atoms. The van der Waals surface area contributed by atoms with E-state index in [1.165, 1.54) is 25.7 Å². The molecule has 0 bridgehead atoms. The summed E-state index contributed by atoms with van der Waals surface area (Å²) in [4.78, 5) is 64.2. The van der Waals surface area contributed by atoms with E-state index >= 15 is 0 Å². The van der Waals surface area contributed by atoms with Crippen molar-refractivity contribution in [1.29, 1.82) is 0 Å². The predicted octanol–water partition coefficient (Wildman–Crippen LogP) is 8.93. The molecule has 4 N–H and O–H groups in total. The number of esters is 2. The number of ether oxygens (including phenoxy) is 2. The van der Waals surface area contributed by atoms with Gasteiger partial charge >= 0.3 is 27.6 Å². The highest BCUT2D eigenvalue weighted by Gasteiger charge is 2.28. The molecule has 0 rings (SSSR count). The Morgan fingerprint density at radius 1 is 0.625 bits per heavy atom. The molecule has 0 aliphatic heterocycles. The van der Waals surface area contributed by atoms with E-state index in [4.69, 9.17) is 23.8 Å². The number of unbranched alkanes of at least 4 members (excludes halogenated alkanes) is 10. The largest absolute Gasteiger partial charge is 0.472 e. The zero-order chi connectivity index (χ0) is 41.9. The van der Waals surface area contributed by atoms with Gasteiger partial charge in [0, 0.05) is 19.3 Å². The molecule has 0 aliphatic rings. The van der Waals surface area contributed by atoms with E-state index < -0.39 is 66.2 Å². The van der Waals surface area contributed by atoms with Crippen LogP contribution < -0.4 is 0 Å². The Morgan fingerprint density at radius 3 is 1.86 bits per heavy atom. The van der Waals surface area contributed by atoms with Gasteiger partial charge in [-0.15, -0.1) is 0 Å². The van der Waals surface area contributed by atoms with Gasteiger partial charge in [-0.05, 0) is 50.5 Å². The molecule has 0 saturated carbocycles. The lowest BCUT2D eigenvalue weighted by atomic mass is 10.0. The number of hydrogen-bond donors (Lipinski definition) is 4. The summed E-state index contributed by atoms with van der Waals surface area (Å²) in [5, 5.41) is 9.71. The minimum atomic E-state index is -4.87. The SMILES string of the molecule is CCCCCC(=O)/C=C/C=C\C/C=C\C/C=C\CCCC(=O)OC[C@H](COP(=O)(O)OC[C@@H](O)COP(=O)(O)O)OC(=O)CCCCCCCCCCC(C)C. The predicted molar refractivity (Wildman–Crippen MR) is 216 cm³/mol. The van der Waals surface area contributed by atoms with Crippen LogP contribution in [-0.2, 0) is 46.6 Å². The van der Waals surface area contributed by atoms with Crippen LogP contribution in [0.2, 0.25) is 0 Å². The van der Waals surface area contributed by atoms with Crippen LogP contribution in [-0.4, -0.2) is 76.1 Å². The van der Waals surface area contributed by atoms with Crippen LogP contribution in [0.15, 0.2) is 48.6 Å². The normalized spacial score (nSPS) is 14.6. The molecular formula is C40H70O14P2. The van der Waals surface area contributed by atoms with Gasteiger partial charge in [-0.25, -0.2) is 9.13 Å². The van der Waals surface area contributed by atoms with Crippen LogP contribution in [0.4, 0.5) is 0 Å². The van der Waals surface area contributed by atoms with Crippen LogP contribution in [0, 0.1) is 5.92 Å². The molecule has 0 aliphatic carbocycles. The number of ketones is 1. The fraction of sp³-hybridized carbons (Fsp3) is 0.725. The quantitative estimate of drug-likeness (QED) is 0.0115. The van der Waals surface area contributed by atoms with Crippen LogP contribution >= 0.6 is 15.6 Å². The van der Waals surface area contributed by atoms with Gasteiger partial charge in [0.25, 0.3) is 0 Å². The number of aliphatic hydroxyl groups excluding tert-OH is 1. The number of phosphoric ester groups is 2. The number of carbonyl (C=O) groups is 3. The highest BCUT2D eigenvalue weighted by molar-refractivity contribution is 7.47. The Labute approximate surface area is 335 Å². The second kappa shape index (κ2) is 34.8. The van der Waals surface area contributed by atoms with Crippen LogP contribution in [0.25, 0.3) is 0 Å². The second-order valence-corrected chi connectivity index (χ2v) is 16.8. The maximum atomic E-state index is 12.6. The number of rotatable bonds is 37. The molecule has 0 aromatic heterocycles. The maximum absolute atomic E-state index is 12.6. The molecule has 0 saturated heterocycles. The van der Waals surface area contributed by atoms with E-state index in [2.05, 4.69) is 29.8 Å². The first-order valence-corrected chi connectivity index (χ1v) is 23.2. The highest BCUT2D eigenvalue weighted by atomic mass is 31.2. The molecule has 0 heterocycles. The minimum absolute atomic E-state index is 0.0923. The van der Waals surface area contributed by atoms with Crippen LogP contribution in [0.5, 0.6) is 0 Å². The lowest BCUT2D eigenvalue weighted by Gasteiger charge is -2.20. The molecular weight excluding hydrogens is 766 g/mol. The molecule has 0 aromatic rings. The average Bonchev–Trinajstić information content (AvgIpc) is 3.13. The number of allylic oxidation sites excluding steroid dienone is 8. The standard InChI is InChI=1S/C40H70O14P2/c1-4-5-21-27-36(41)28-23-18-14-9-7-6-8-10-15-19-24-29-39(43)50-33-38(34-53-56(48,49)52-32-37(42)31-51-55(45,46)47)54-40(44)30-25-20-16-12-11-13-17-22-26-35(2)3/h6-7,10,14-15,18,23,28,35,37-38,42H,4-5,8-9,11-13,16-17,19-22,24-27,29-34H2,1-3H3,(H,48,49)(H2,45,46,47)/b7-6-,15-10-,18-14-,28-23+/t37-,38+/m0/s1. The third-order valence-electron chi connectivity index (χ3n) is 8.11. The topological polar surface area (TPSA) is 212 Å². The second-order valence-electron chi connectivity index (χ2n) is 14.1. The van der Waals surface area contributed by atoms with Crippen molar-refractivity contribution in [2.45, 2.75) is 155 Å². The van der Waals surface area contributed by atoms with Crippen molar-refractivity contribution in [3.8, 4) is 0 Å². The summed E-state index contributed by atoms with van der Waals surface area (Å²) >= 11 is 0. The van der Waals surface area contributed by atoms with E-state index in [-0.39, 0.29) is 18.6 Å². The molecule has 14 nitrogen and oxygen atoms in total. The maximum Gasteiger partial charge on any atom is 0.472 e. The molecule has 0 aromatic carbocycles. The Morgan fingerprint density at radius 2 is 1.20 bits per heavy atom. The van der Waals surface area contributed by atoms with E-state index in [1.54, 1.807) is 12.2 Å². The number of aliphatic hydroxyl groups is 1. The fourth-order valence-corrected chi connectivity index (χ4v) is 6.16. The van der Waals surface area contributed by atoms with Gasteiger partial charge in [-0.1, -0.05) is 128 Å². The van der Waals surface area contributed by atoms with E-state index in [1.807, 2.05) is 36.5 Å². The summed E-state index contributed by atoms with van der Waals surface area (Å²) in [6.07, 6.45) is 28.4. The van der Waals surface area contributed by atoms with E-state index in [9.17, 15) is 33.5 Å². The zero-order valence-electron chi connectivity index (χ0n) is 33.9. The van der Waals surface area contributed by atoms with E-state index in [0.29, 0.717) is 25.7 Å². The van der Waals surface area contributed by atoms with E-state index in [0.717, 1.165) is 63.7 Å². The third-order valence-corrected chi connectivity index (χ3v) is 9.55. The molecule has 0 spiro atoms. The number of phosphoric acid groups is 2. The summed E-state index contributed by atoms with van der Waals surface area (Å²) in [6, 6.07) is 0. The Balaban J connectivity index is 4.68. The van der Waals surface area contributed by atoms with Crippen LogP contribution in [0.1, 0.15) is 143 Å². The monoisotopic (exact) mass is 836 g/mol. The smallest absolute Gasteiger partial charge is 0.462 e. The van der Waals surface area contributed by atoms with Crippen molar-refractivity contribution in [3.63, 3.8) is 0 Å². The van der Waals surface area contributed by atoms with Crippen molar-refractivity contribution < 1.29 is 66.3 Å². The summed E-state index contributed by atoms with van der Waals surface area (Å²) in [5.41, 5.74) is 0. The first-order valence-electron chi connectivity index (χ1n) is 20.1. The summed E-state index contributed by atoms with van der Waals surface area (Å²) in [7, 11) is -9.70. The molecule has 1 unspecified atom stereocenters. The fourth-order valence-electron chi connectivity index (χ4n) is 5.01. The van der Waals surface area contributed by atoms with Gasteiger partial charge in [0.1, 0.15) is 12.7 Å². The lowest BCUT2D eigenvalue weighted by Crippen LogP contribution is -2.30. The Bertz CT molecular complexity index is 1260. The van der Waals surface area contributed by atoms with Gasteiger partial charge in [0.2, 0.25) is 0 Å². The van der Waals surface area contributed by atoms with Crippen molar-refractivity contribution in [3.05, 3.63) is 48.6 Å². The van der Waals surface area contributed by atoms with Gasteiger partial charge in [0.05, 0.1) is 19.8 Å². The molecule has 0 amide bonds. The van der Waals surface area contributed by atoms with Crippen LogP contribution in [0.3, 0.4) is 0 Å². The van der Waals surface area contributed by atoms with Gasteiger partial charge in [0.15, 0.2) is 11.9 Å². The minimum Gasteiger partial charge on any atom is -0.462 e. The van der Waals surface area contributed by atoms with Gasteiger partial charge < -0.3 is 29.3 Å². The number of carbonyl (C=O) groups excluding carboxylic acids is 3. The molecule has 16 heteroatoms. The molecule has 3 atom stereocenters. The summed E-state index contributed by atoms with van der Waals surface area (Å²) in [5.74, 6) is -0.264. The van der Waals surface area contributed by atoms with Crippen molar-refractivity contribution in [1.82, 2.24) is 0 Å². The average molecular weight is 837 g/mol. The molecule has 324 valence electrons. The van der Waals surface area contributed by atoms with Gasteiger partial charge in [-0.3, -0.25) is 28.0 Å². The first-order chi connectivity index (χ1) is 26.6. The zero-order valence-corrected chi connectivity index (χ0v) is 35.7. The van der Waals surface area contributed by atoms with Gasteiger partial charge in [-0.2, -0.15) is 0 Å². The first kappa shape index (κ1) is 53.8. The summed E-state index contributed by atoms with van der Waals surface area (Å²) in [6.45, 7) is 3.74. The van der Waals surface area contributed by atoms with Crippen molar-refractivity contribution >= 4 is 33.4 Å². The van der Waals surface area contributed by atoms with Crippen molar-refractivity contribution in [2.75, 3.05) is 26.4 Å². The lowest BCUT2D eigenvalue weighted by molar-refractivity contribution is -0.161. The number of hydrogen-bond acceptors (Lipinski definition) is 11. The summed E-state index contributed by atoms with van der Waals surface area (Å²) < 4.78 is 47.5. The highest BCUT2D eigenvalue weighted by Crippen LogP contribution is 2.43. The Kier molecular flexibility index (Phi) is 33.4.